The third kappa shape index (κ3) is 2.42. The van der Waals surface area contributed by atoms with Crippen molar-refractivity contribution >= 4 is 0 Å². The Morgan fingerprint density at radius 2 is 2.19 bits per heavy atom. The van der Waals surface area contributed by atoms with Gasteiger partial charge < -0.3 is 0 Å². The maximum Gasteiger partial charge on any atom is 0.0247 e. The van der Waals surface area contributed by atoms with Crippen LogP contribution in [0.2, 0.25) is 0 Å². The van der Waals surface area contributed by atoms with Gasteiger partial charge in [-0.1, -0.05) is 13.8 Å². The molecule has 2 aliphatic rings. The molecule has 2 heterocycles. The summed E-state index contributed by atoms with van der Waals surface area (Å²) in [5, 5.41) is 0. The zero-order valence-corrected chi connectivity index (χ0v) is 10.7. The first-order valence-electron chi connectivity index (χ1n) is 6.64. The van der Waals surface area contributed by atoms with Gasteiger partial charge in [-0.15, -0.1) is 12.3 Å². The summed E-state index contributed by atoms with van der Waals surface area (Å²) in [4.78, 5) is 5.33. The highest BCUT2D eigenvalue weighted by molar-refractivity contribution is 4.95. The number of nitrogens with zero attached hydrogens (tertiary/aromatic N) is 2. The Labute approximate surface area is 100.0 Å². The second-order valence-corrected chi connectivity index (χ2v) is 5.55. The average Bonchev–Trinajstić information content (AvgIpc) is 2.71. The molecule has 0 aromatic rings. The van der Waals surface area contributed by atoms with Crippen LogP contribution in [0.15, 0.2) is 0 Å². The largest absolute Gasteiger partial charge is 0.298 e. The van der Waals surface area contributed by atoms with Gasteiger partial charge in [0.25, 0.3) is 0 Å². The SMILES string of the molecule is C#CCCN1CC2CCCN2CC1C(C)C. The molecule has 16 heavy (non-hydrogen) atoms. The maximum atomic E-state index is 5.39. The van der Waals surface area contributed by atoms with Crippen LogP contribution in [0.3, 0.4) is 0 Å². The standard InChI is InChI=1S/C14H24N2/c1-4-5-8-16-10-13-7-6-9-15(13)11-14(16)12(2)3/h1,12-14H,5-11H2,2-3H3. The minimum absolute atomic E-state index is 0.711. The monoisotopic (exact) mass is 220 g/mol. The van der Waals surface area contributed by atoms with Crippen molar-refractivity contribution in [1.29, 1.82) is 0 Å². The van der Waals surface area contributed by atoms with Gasteiger partial charge in [0, 0.05) is 38.1 Å². The van der Waals surface area contributed by atoms with Gasteiger partial charge in [-0.05, 0) is 25.3 Å². The number of piperazine rings is 1. The number of hydrogen-bond donors (Lipinski definition) is 0. The van der Waals surface area contributed by atoms with Crippen LogP contribution in [0.25, 0.3) is 0 Å². The van der Waals surface area contributed by atoms with E-state index in [-0.39, 0.29) is 0 Å². The molecule has 90 valence electrons. The fraction of sp³-hybridized carbons (Fsp3) is 0.857. The molecule has 0 aromatic heterocycles. The van der Waals surface area contributed by atoms with Gasteiger partial charge in [0.15, 0.2) is 0 Å². The summed E-state index contributed by atoms with van der Waals surface area (Å²) in [6.45, 7) is 9.58. The van der Waals surface area contributed by atoms with E-state index < -0.39 is 0 Å². The van der Waals surface area contributed by atoms with Crippen molar-refractivity contribution in [2.24, 2.45) is 5.92 Å². The molecule has 2 atom stereocenters. The molecule has 0 radical (unpaired) electrons. The smallest absolute Gasteiger partial charge is 0.0247 e. The van der Waals surface area contributed by atoms with E-state index in [0.29, 0.717) is 6.04 Å². The molecule has 2 aliphatic heterocycles. The number of terminal acetylenes is 1. The fourth-order valence-electron chi connectivity index (χ4n) is 3.20. The molecule has 2 heteroatoms. The number of fused-ring (bicyclic) bond motifs is 1. The van der Waals surface area contributed by atoms with Crippen molar-refractivity contribution in [1.82, 2.24) is 9.80 Å². The topological polar surface area (TPSA) is 6.48 Å². The second-order valence-electron chi connectivity index (χ2n) is 5.55. The lowest BCUT2D eigenvalue weighted by molar-refractivity contribution is 0.0310. The molecule has 2 unspecified atom stereocenters. The van der Waals surface area contributed by atoms with E-state index in [4.69, 9.17) is 6.42 Å². The van der Waals surface area contributed by atoms with Crippen molar-refractivity contribution in [3.8, 4) is 12.3 Å². The minimum Gasteiger partial charge on any atom is -0.298 e. The quantitative estimate of drug-likeness (QED) is 0.669. The molecular formula is C14H24N2. The van der Waals surface area contributed by atoms with Crippen LogP contribution in [-0.2, 0) is 0 Å². The zero-order valence-electron chi connectivity index (χ0n) is 10.7. The summed E-state index contributed by atoms with van der Waals surface area (Å²) < 4.78 is 0. The zero-order chi connectivity index (χ0) is 11.5. The molecule has 0 saturated carbocycles. The Hall–Kier alpha value is -0.520. The molecule has 2 rings (SSSR count). The molecule has 0 N–H and O–H groups in total. The van der Waals surface area contributed by atoms with Crippen LogP contribution >= 0.6 is 0 Å². The Bertz CT molecular complexity index is 266. The molecule has 0 aromatic carbocycles. The van der Waals surface area contributed by atoms with Crippen LogP contribution in [-0.4, -0.2) is 48.1 Å². The highest BCUT2D eigenvalue weighted by Gasteiger charge is 2.36. The summed E-state index contributed by atoms with van der Waals surface area (Å²) in [5.41, 5.74) is 0. The molecule has 2 fully saturated rings. The normalized spacial score (nSPS) is 31.6. The van der Waals surface area contributed by atoms with Crippen molar-refractivity contribution in [3.63, 3.8) is 0 Å². The Balaban J connectivity index is 1.99. The first-order valence-corrected chi connectivity index (χ1v) is 6.64. The minimum atomic E-state index is 0.711. The van der Waals surface area contributed by atoms with E-state index >= 15 is 0 Å². The first-order chi connectivity index (χ1) is 7.72. The molecule has 0 amide bonds. The molecule has 2 nitrogen and oxygen atoms in total. The Kier molecular flexibility index (Phi) is 3.89. The molecule has 0 aliphatic carbocycles. The summed E-state index contributed by atoms with van der Waals surface area (Å²) in [6, 6.07) is 1.52. The van der Waals surface area contributed by atoms with Crippen molar-refractivity contribution in [3.05, 3.63) is 0 Å². The van der Waals surface area contributed by atoms with Gasteiger partial charge in [-0.2, -0.15) is 0 Å². The van der Waals surface area contributed by atoms with Gasteiger partial charge >= 0.3 is 0 Å². The summed E-state index contributed by atoms with van der Waals surface area (Å²) in [7, 11) is 0. The van der Waals surface area contributed by atoms with E-state index in [2.05, 4.69) is 29.6 Å². The van der Waals surface area contributed by atoms with E-state index in [1.165, 1.54) is 32.5 Å². The lowest BCUT2D eigenvalue weighted by Crippen LogP contribution is -2.57. The van der Waals surface area contributed by atoms with E-state index in [9.17, 15) is 0 Å². The van der Waals surface area contributed by atoms with Gasteiger partial charge in [0.05, 0.1) is 0 Å². The maximum absolute atomic E-state index is 5.39. The summed E-state index contributed by atoms with van der Waals surface area (Å²) >= 11 is 0. The van der Waals surface area contributed by atoms with Gasteiger partial charge in [0.2, 0.25) is 0 Å². The average molecular weight is 220 g/mol. The van der Waals surface area contributed by atoms with Crippen molar-refractivity contribution in [2.45, 2.75) is 45.2 Å². The fourth-order valence-corrected chi connectivity index (χ4v) is 3.20. The van der Waals surface area contributed by atoms with Gasteiger partial charge in [-0.25, -0.2) is 0 Å². The van der Waals surface area contributed by atoms with Crippen molar-refractivity contribution < 1.29 is 0 Å². The van der Waals surface area contributed by atoms with Crippen LogP contribution in [0.4, 0.5) is 0 Å². The predicted octanol–water partition coefficient (Wildman–Crippen LogP) is 1.81. The first kappa shape index (κ1) is 12.0. The van der Waals surface area contributed by atoms with Crippen LogP contribution < -0.4 is 0 Å². The lowest BCUT2D eigenvalue weighted by atomic mass is 9.97. The van der Waals surface area contributed by atoms with Gasteiger partial charge in [-0.3, -0.25) is 9.80 Å². The molecular weight excluding hydrogens is 196 g/mol. The van der Waals surface area contributed by atoms with E-state index in [1.807, 2.05) is 0 Å². The lowest BCUT2D eigenvalue weighted by Gasteiger charge is -2.45. The third-order valence-corrected chi connectivity index (χ3v) is 4.15. The molecule has 0 spiro atoms. The van der Waals surface area contributed by atoms with Gasteiger partial charge in [0.1, 0.15) is 0 Å². The second kappa shape index (κ2) is 5.21. The highest BCUT2D eigenvalue weighted by atomic mass is 15.3. The molecule has 2 saturated heterocycles. The summed E-state index contributed by atoms with van der Waals surface area (Å²) in [6.07, 6.45) is 9.06. The number of rotatable bonds is 3. The van der Waals surface area contributed by atoms with Crippen LogP contribution in [0.1, 0.15) is 33.1 Å². The van der Waals surface area contributed by atoms with Crippen LogP contribution in [0.5, 0.6) is 0 Å². The van der Waals surface area contributed by atoms with E-state index in [1.54, 1.807) is 0 Å². The Morgan fingerprint density at radius 1 is 1.38 bits per heavy atom. The van der Waals surface area contributed by atoms with Crippen LogP contribution in [0, 0.1) is 18.3 Å². The third-order valence-electron chi connectivity index (χ3n) is 4.15. The highest BCUT2D eigenvalue weighted by Crippen LogP contribution is 2.27. The summed E-state index contributed by atoms with van der Waals surface area (Å²) in [5.74, 6) is 3.51. The van der Waals surface area contributed by atoms with Crippen molar-refractivity contribution in [2.75, 3.05) is 26.2 Å². The number of hydrogen-bond acceptors (Lipinski definition) is 2. The predicted molar refractivity (Wildman–Crippen MR) is 68.2 cm³/mol. The Morgan fingerprint density at radius 3 is 2.88 bits per heavy atom. The molecule has 0 bridgehead atoms. The van der Waals surface area contributed by atoms with E-state index in [0.717, 1.165) is 24.9 Å².